The third-order valence-corrected chi connectivity index (χ3v) is 4.32. The van der Waals surface area contributed by atoms with Crippen LogP contribution in [-0.4, -0.2) is 14.3 Å². The summed E-state index contributed by atoms with van der Waals surface area (Å²) in [6.45, 7) is 5.16. The summed E-state index contributed by atoms with van der Waals surface area (Å²) in [4.78, 5) is 0. The topological polar surface area (TPSA) is 34.8 Å². The average Bonchev–Trinajstić information content (AvgIpc) is 2.99. The van der Waals surface area contributed by atoms with Gasteiger partial charge in [-0.05, 0) is 25.5 Å². The minimum atomic E-state index is 0.290. The maximum absolute atomic E-state index is 4.32. The molecule has 0 saturated carbocycles. The van der Waals surface area contributed by atoms with Crippen molar-refractivity contribution < 1.29 is 0 Å². The minimum absolute atomic E-state index is 0.290. The van der Waals surface area contributed by atoms with E-state index in [1.165, 1.54) is 27.7 Å². The molecule has 3 aromatic rings. The van der Waals surface area contributed by atoms with Crippen LogP contribution in [-0.2, 0) is 20.6 Å². The molecule has 21 heavy (non-hydrogen) atoms. The fraction of sp³-hybridized carbons (Fsp3) is 0.353. The van der Waals surface area contributed by atoms with Gasteiger partial charge in [-0.1, -0.05) is 18.2 Å². The molecular formula is C17H22N4. The van der Waals surface area contributed by atoms with Crippen molar-refractivity contribution in [3.05, 3.63) is 53.5 Å². The zero-order valence-corrected chi connectivity index (χ0v) is 13.1. The van der Waals surface area contributed by atoms with Gasteiger partial charge in [0.15, 0.2) is 0 Å². The van der Waals surface area contributed by atoms with Crippen molar-refractivity contribution in [1.82, 2.24) is 19.7 Å². The van der Waals surface area contributed by atoms with E-state index in [0.717, 1.165) is 6.54 Å². The Hall–Kier alpha value is -2.07. The summed E-state index contributed by atoms with van der Waals surface area (Å²) in [5.74, 6) is 0. The molecule has 0 fully saturated rings. The van der Waals surface area contributed by atoms with Gasteiger partial charge in [0.2, 0.25) is 0 Å². The summed E-state index contributed by atoms with van der Waals surface area (Å²) in [6, 6.07) is 8.82. The number of para-hydroxylation sites is 1. The lowest BCUT2D eigenvalue weighted by atomic mass is 10.1. The molecule has 1 aromatic carbocycles. The van der Waals surface area contributed by atoms with Gasteiger partial charge in [-0.25, -0.2) is 0 Å². The number of aryl methyl sites for hydroxylation is 2. The summed E-state index contributed by atoms with van der Waals surface area (Å²) >= 11 is 0. The number of nitrogens with zero attached hydrogens (tertiary/aromatic N) is 3. The molecule has 0 aliphatic carbocycles. The van der Waals surface area contributed by atoms with Gasteiger partial charge in [-0.2, -0.15) is 5.10 Å². The van der Waals surface area contributed by atoms with Crippen molar-refractivity contribution in [2.75, 3.05) is 0 Å². The Kier molecular flexibility index (Phi) is 3.55. The van der Waals surface area contributed by atoms with Crippen molar-refractivity contribution in [2.45, 2.75) is 26.4 Å². The second-order valence-electron chi connectivity index (χ2n) is 5.69. The molecule has 110 valence electrons. The molecular weight excluding hydrogens is 260 g/mol. The van der Waals surface area contributed by atoms with E-state index in [2.05, 4.69) is 66.3 Å². The SMILES string of the molecule is Cc1c(C(C)NCc2cn(C)c3ccccc23)cnn1C. The number of nitrogens with one attached hydrogen (secondary N) is 1. The molecule has 1 atom stereocenters. The Morgan fingerprint density at radius 2 is 2.00 bits per heavy atom. The van der Waals surface area contributed by atoms with Crippen LogP contribution in [0.1, 0.15) is 29.8 Å². The van der Waals surface area contributed by atoms with E-state index in [1.54, 1.807) is 0 Å². The monoisotopic (exact) mass is 282 g/mol. The predicted molar refractivity (Wildman–Crippen MR) is 86.1 cm³/mol. The van der Waals surface area contributed by atoms with E-state index >= 15 is 0 Å². The first-order valence-corrected chi connectivity index (χ1v) is 7.32. The predicted octanol–water partition coefficient (Wildman–Crippen LogP) is 3.07. The van der Waals surface area contributed by atoms with Crippen LogP contribution in [0.3, 0.4) is 0 Å². The number of hydrogen-bond acceptors (Lipinski definition) is 2. The van der Waals surface area contributed by atoms with E-state index in [-0.39, 0.29) is 6.04 Å². The fourth-order valence-corrected chi connectivity index (χ4v) is 2.88. The highest BCUT2D eigenvalue weighted by Gasteiger charge is 2.13. The van der Waals surface area contributed by atoms with Crippen molar-refractivity contribution >= 4 is 10.9 Å². The fourth-order valence-electron chi connectivity index (χ4n) is 2.88. The molecule has 4 heteroatoms. The summed E-state index contributed by atoms with van der Waals surface area (Å²) in [7, 11) is 4.08. The Morgan fingerprint density at radius 3 is 2.71 bits per heavy atom. The lowest BCUT2D eigenvalue weighted by Gasteiger charge is -2.13. The lowest BCUT2D eigenvalue weighted by molar-refractivity contribution is 0.571. The number of aromatic nitrogens is 3. The number of hydrogen-bond donors (Lipinski definition) is 1. The van der Waals surface area contributed by atoms with Crippen molar-refractivity contribution in [2.24, 2.45) is 14.1 Å². The molecule has 2 aromatic heterocycles. The first-order chi connectivity index (χ1) is 10.1. The average molecular weight is 282 g/mol. The highest BCUT2D eigenvalue weighted by atomic mass is 15.3. The van der Waals surface area contributed by atoms with Gasteiger partial charge in [-0.15, -0.1) is 0 Å². The van der Waals surface area contributed by atoms with Crippen molar-refractivity contribution in [1.29, 1.82) is 0 Å². The molecule has 4 nitrogen and oxygen atoms in total. The summed E-state index contributed by atoms with van der Waals surface area (Å²) in [6.07, 6.45) is 4.16. The van der Waals surface area contributed by atoms with Gasteiger partial charge in [-0.3, -0.25) is 4.68 Å². The van der Waals surface area contributed by atoms with Crippen LogP contribution in [0.4, 0.5) is 0 Å². The Morgan fingerprint density at radius 1 is 1.24 bits per heavy atom. The quantitative estimate of drug-likeness (QED) is 0.798. The molecule has 1 N–H and O–H groups in total. The smallest absolute Gasteiger partial charge is 0.0540 e. The van der Waals surface area contributed by atoms with Crippen molar-refractivity contribution in [3.63, 3.8) is 0 Å². The molecule has 0 spiro atoms. The summed E-state index contributed by atoms with van der Waals surface area (Å²) < 4.78 is 4.11. The first kappa shape index (κ1) is 13.9. The van der Waals surface area contributed by atoms with E-state index in [4.69, 9.17) is 0 Å². The van der Waals surface area contributed by atoms with Gasteiger partial charge in [0.05, 0.1) is 6.20 Å². The molecule has 0 bridgehead atoms. The standard InChI is InChI=1S/C17H22N4/c1-12(16-10-19-21(4)13(16)2)18-9-14-11-20(3)17-8-6-5-7-15(14)17/h5-8,10-12,18H,9H2,1-4H3. The molecule has 3 rings (SSSR count). The van der Waals surface area contributed by atoms with Crippen LogP contribution in [0.25, 0.3) is 10.9 Å². The Bertz CT molecular complexity index is 766. The number of fused-ring (bicyclic) bond motifs is 1. The van der Waals surface area contributed by atoms with Gasteiger partial charge in [0.25, 0.3) is 0 Å². The zero-order chi connectivity index (χ0) is 15.0. The second-order valence-corrected chi connectivity index (χ2v) is 5.69. The number of rotatable bonds is 4. The van der Waals surface area contributed by atoms with E-state index in [9.17, 15) is 0 Å². The normalized spacial score (nSPS) is 13.0. The van der Waals surface area contributed by atoms with Gasteiger partial charge >= 0.3 is 0 Å². The molecule has 0 aliphatic rings. The molecule has 0 amide bonds. The Balaban J connectivity index is 1.79. The van der Waals surface area contributed by atoms with Crippen molar-refractivity contribution in [3.8, 4) is 0 Å². The van der Waals surface area contributed by atoms with Crippen LogP contribution in [0.15, 0.2) is 36.7 Å². The third kappa shape index (κ3) is 2.47. The Labute approximate surface area is 125 Å². The van der Waals surface area contributed by atoms with Gasteiger partial charge < -0.3 is 9.88 Å². The lowest BCUT2D eigenvalue weighted by Crippen LogP contribution is -2.18. The highest BCUT2D eigenvalue weighted by Crippen LogP contribution is 2.22. The maximum Gasteiger partial charge on any atom is 0.0540 e. The number of benzene rings is 1. The third-order valence-electron chi connectivity index (χ3n) is 4.32. The minimum Gasteiger partial charge on any atom is -0.350 e. The molecule has 2 heterocycles. The van der Waals surface area contributed by atoms with Gasteiger partial charge in [0.1, 0.15) is 0 Å². The van der Waals surface area contributed by atoms with Crippen LogP contribution < -0.4 is 5.32 Å². The highest BCUT2D eigenvalue weighted by molar-refractivity contribution is 5.83. The van der Waals surface area contributed by atoms with E-state index in [1.807, 2.05) is 17.9 Å². The van der Waals surface area contributed by atoms with Crippen LogP contribution in [0.5, 0.6) is 0 Å². The second kappa shape index (κ2) is 5.37. The first-order valence-electron chi connectivity index (χ1n) is 7.32. The van der Waals surface area contributed by atoms with E-state index < -0.39 is 0 Å². The summed E-state index contributed by atoms with van der Waals surface area (Å²) in [5, 5.41) is 9.25. The largest absolute Gasteiger partial charge is 0.350 e. The summed E-state index contributed by atoms with van der Waals surface area (Å²) in [5.41, 5.74) is 5.09. The van der Waals surface area contributed by atoms with Crippen LogP contribution >= 0.6 is 0 Å². The molecule has 0 aliphatic heterocycles. The maximum atomic E-state index is 4.32. The van der Waals surface area contributed by atoms with Crippen LogP contribution in [0.2, 0.25) is 0 Å². The molecule has 0 radical (unpaired) electrons. The molecule has 0 saturated heterocycles. The van der Waals surface area contributed by atoms with E-state index in [0.29, 0.717) is 0 Å². The van der Waals surface area contributed by atoms with Gasteiger partial charge in [0, 0.05) is 55.0 Å². The molecule has 1 unspecified atom stereocenters. The van der Waals surface area contributed by atoms with Crippen LogP contribution in [0, 0.1) is 6.92 Å². The zero-order valence-electron chi connectivity index (χ0n) is 13.1.